The number of halogens is 1. The first kappa shape index (κ1) is 14.0. The molecule has 0 saturated carbocycles. The van der Waals surface area contributed by atoms with Crippen molar-refractivity contribution in [2.45, 2.75) is 45.1 Å². The number of aryl methyl sites for hydroxylation is 1. The predicted octanol–water partition coefficient (Wildman–Crippen LogP) is 2.99. The Morgan fingerprint density at radius 3 is 3.00 bits per heavy atom. The maximum absolute atomic E-state index is 13.0. The van der Waals surface area contributed by atoms with Gasteiger partial charge in [0, 0.05) is 18.2 Å². The summed E-state index contributed by atoms with van der Waals surface area (Å²) in [4.78, 5) is 11.9. The zero-order valence-corrected chi connectivity index (χ0v) is 11.3. The van der Waals surface area contributed by atoms with Crippen LogP contribution in [0.25, 0.3) is 0 Å². The van der Waals surface area contributed by atoms with Crippen molar-refractivity contribution < 1.29 is 9.18 Å². The lowest BCUT2D eigenvalue weighted by Gasteiger charge is -2.23. The van der Waals surface area contributed by atoms with Crippen LogP contribution < -0.4 is 10.6 Å². The molecule has 4 heteroatoms. The van der Waals surface area contributed by atoms with Crippen molar-refractivity contribution in [2.24, 2.45) is 0 Å². The number of carbonyl (C=O) groups is 1. The van der Waals surface area contributed by atoms with Crippen LogP contribution in [-0.2, 0) is 4.79 Å². The molecule has 1 saturated heterocycles. The molecule has 19 heavy (non-hydrogen) atoms. The van der Waals surface area contributed by atoms with E-state index in [4.69, 9.17) is 0 Å². The molecule has 1 heterocycles. The quantitative estimate of drug-likeness (QED) is 0.877. The average molecular weight is 264 g/mol. The summed E-state index contributed by atoms with van der Waals surface area (Å²) in [6.45, 7) is 2.85. The molecule has 1 aliphatic heterocycles. The minimum Gasteiger partial charge on any atom is -0.326 e. The van der Waals surface area contributed by atoms with Crippen LogP contribution >= 0.6 is 0 Å². The summed E-state index contributed by atoms with van der Waals surface area (Å²) in [6, 6.07) is 4.87. The van der Waals surface area contributed by atoms with Crippen LogP contribution in [0.2, 0.25) is 0 Å². The highest BCUT2D eigenvalue weighted by Gasteiger charge is 2.14. The van der Waals surface area contributed by atoms with Crippen molar-refractivity contribution in [3.8, 4) is 0 Å². The molecule has 2 N–H and O–H groups in total. The fourth-order valence-electron chi connectivity index (χ4n) is 2.46. The third-order valence-electron chi connectivity index (χ3n) is 3.59. The van der Waals surface area contributed by atoms with Crippen LogP contribution in [0, 0.1) is 12.7 Å². The average Bonchev–Trinajstić information content (AvgIpc) is 2.41. The zero-order chi connectivity index (χ0) is 13.7. The molecule has 1 aliphatic rings. The van der Waals surface area contributed by atoms with Crippen LogP contribution in [0.1, 0.15) is 37.7 Å². The normalized spacial score (nSPS) is 19.2. The number of anilines is 1. The van der Waals surface area contributed by atoms with Crippen LogP contribution in [0.3, 0.4) is 0 Å². The summed E-state index contributed by atoms with van der Waals surface area (Å²) in [7, 11) is 0. The molecule has 1 aromatic rings. The van der Waals surface area contributed by atoms with Gasteiger partial charge in [-0.05, 0) is 56.5 Å². The first-order valence-electron chi connectivity index (χ1n) is 6.94. The largest absolute Gasteiger partial charge is 0.326 e. The van der Waals surface area contributed by atoms with E-state index in [2.05, 4.69) is 10.6 Å². The van der Waals surface area contributed by atoms with Crippen LogP contribution in [0.15, 0.2) is 18.2 Å². The first-order chi connectivity index (χ1) is 9.15. The van der Waals surface area contributed by atoms with E-state index in [0.717, 1.165) is 24.9 Å². The number of rotatable bonds is 4. The van der Waals surface area contributed by atoms with E-state index in [9.17, 15) is 9.18 Å². The molecule has 1 atom stereocenters. The Morgan fingerprint density at radius 2 is 2.32 bits per heavy atom. The molecule has 3 nitrogen and oxygen atoms in total. The Kier molecular flexibility index (Phi) is 4.91. The molecule has 0 aromatic heterocycles. The molecule has 0 radical (unpaired) electrons. The fraction of sp³-hybridized carbons (Fsp3) is 0.533. The highest BCUT2D eigenvalue weighted by molar-refractivity contribution is 5.91. The predicted molar refractivity (Wildman–Crippen MR) is 74.6 cm³/mol. The summed E-state index contributed by atoms with van der Waals surface area (Å²) >= 11 is 0. The molecule has 104 valence electrons. The van der Waals surface area contributed by atoms with Crippen LogP contribution in [0.4, 0.5) is 10.1 Å². The van der Waals surface area contributed by atoms with Crippen molar-refractivity contribution in [2.75, 3.05) is 11.9 Å². The van der Waals surface area contributed by atoms with Gasteiger partial charge < -0.3 is 10.6 Å². The van der Waals surface area contributed by atoms with E-state index in [-0.39, 0.29) is 11.7 Å². The number of carbonyl (C=O) groups excluding carboxylic acids is 1. The molecule has 2 rings (SSSR count). The minimum atomic E-state index is -0.276. The van der Waals surface area contributed by atoms with Gasteiger partial charge in [0.1, 0.15) is 5.82 Å². The van der Waals surface area contributed by atoms with Gasteiger partial charge >= 0.3 is 0 Å². The van der Waals surface area contributed by atoms with Crippen LogP contribution in [0.5, 0.6) is 0 Å². The van der Waals surface area contributed by atoms with Crippen molar-refractivity contribution in [1.82, 2.24) is 5.32 Å². The van der Waals surface area contributed by atoms with E-state index >= 15 is 0 Å². The van der Waals surface area contributed by atoms with Gasteiger partial charge in [0.25, 0.3) is 0 Å². The van der Waals surface area contributed by atoms with Crippen molar-refractivity contribution >= 4 is 11.6 Å². The second-order valence-electron chi connectivity index (χ2n) is 5.19. The lowest BCUT2D eigenvalue weighted by molar-refractivity contribution is -0.116. The Balaban J connectivity index is 1.80. The number of hydrogen-bond donors (Lipinski definition) is 2. The summed E-state index contributed by atoms with van der Waals surface area (Å²) < 4.78 is 13.0. The number of hydrogen-bond acceptors (Lipinski definition) is 2. The first-order valence-corrected chi connectivity index (χ1v) is 6.94. The topological polar surface area (TPSA) is 41.1 Å². The van der Waals surface area contributed by atoms with E-state index in [1.807, 2.05) is 0 Å². The summed E-state index contributed by atoms with van der Waals surface area (Å²) in [5.41, 5.74) is 1.45. The SMILES string of the molecule is Cc1cc(F)ccc1NC(=O)CCC1CCCCN1. The number of benzene rings is 1. The molecule has 1 fully saturated rings. The number of amides is 1. The molecular formula is C15H21FN2O. The van der Waals surface area contributed by atoms with E-state index in [0.29, 0.717) is 18.2 Å². The van der Waals surface area contributed by atoms with Gasteiger partial charge in [-0.1, -0.05) is 6.42 Å². The van der Waals surface area contributed by atoms with E-state index < -0.39 is 0 Å². The number of piperidine rings is 1. The van der Waals surface area contributed by atoms with Gasteiger partial charge in [0.05, 0.1) is 0 Å². The number of nitrogens with one attached hydrogen (secondary N) is 2. The Morgan fingerprint density at radius 1 is 1.47 bits per heavy atom. The highest BCUT2D eigenvalue weighted by Crippen LogP contribution is 2.17. The molecule has 0 spiro atoms. The second kappa shape index (κ2) is 6.66. The van der Waals surface area contributed by atoms with E-state index in [1.165, 1.54) is 25.0 Å². The molecule has 1 unspecified atom stereocenters. The molecule has 0 aliphatic carbocycles. The third kappa shape index (κ3) is 4.31. The van der Waals surface area contributed by atoms with Gasteiger partial charge in [0.2, 0.25) is 5.91 Å². The maximum Gasteiger partial charge on any atom is 0.224 e. The summed E-state index contributed by atoms with van der Waals surface area (Å²) in [6.07, 6.45) is 5.01. The summed E-state index contributed by atoms with van der Waals surface area (Å²) in [5.74, 6) is -0.274. The second-order valence-corrected chi connectivity index (χ2v) is 5.19. The monoisotopic (exact) mass is 264 g/mol. The standard InChI is InChI=1S/C15H21FN2O/c1-11-10-12(16)5-7-14(11)18-15(19)8-6-13-4-2-3-9-17-13/h5,7,10,13,17H,2-4,6,8-9H2,1H3,(H,18,19). The molecule has 0 bridgehead atoms. The third-order valence-corrected chi connectivity index (χ3v) is 3.59. The van der Waals surface area contributed by atoms with Gasteiger partial charge in [-0.2, -0.15) is 0 Å². The van der Waals surface area contributed by atoms with Crippen molar-refractivity contribution in [3.63, 3.8) is 0 Å². The summed E-state index contributed by atoms with van der Waals surface area (Å²) in [5, 5.41) is 6.27. The molecular weight excluding hydrogens is 243 g/mol. The lowest BCUT2D eigenvalue weighted by atomic mass is 10.0. The maximum atomic E-state index is 13.0. The smallest absolute Gasteiger partial charge is 0.224 e. The fourth-order valence-corrected chi connectivity index (χ4v) is 2.46. The van der Waals surface area contributed by atoms with Gasteiger partial charge in [-0.3, -0.25) is 4.79 Å². The molecule has 1 amide bonds. The van der Waals surface area contributed by atoms with Crippen molar-refractivity contribution in [3.05, 3.63) is 29.6 Å². The van der Waals surface area contributed by atoms with Crippen LogP contribution in [-0.4, -0.2) is 18.5 Å². The zero-order valence-electron chi connectivity index (χ0n) is 11.3. The molecule has 1 aromatic carbocycles. The Hall–Kier alpha value is -1.42. The van der Waals surface area contributed by atoms with Crippen molar-refractivity contribution in [1.29, 1.82) is 0 Å². The van der Waals surface area contributed by atoms with Gasteiger partial charge in [-0.25, -0.2) is 4.39 Å². The van der Waals surface area contributed by atoms with E-state index in [1.54, 1.807) is 13.0 Å². The highest BCUT2D eigenvalue weighted by atomic mass is 19.1. The minimum absolute atomic E-state index is 0.00193. The van der Waals surface area contributed by atoms with Gasteiger partial charge in [0.15, 0.2) is 0 Å². The Labute approximate surface area is 113 Å². The van der Waals surface area contributed by atoms with Gasteiger partial charge in [-0.15, -0.1) is 0 Å². The Bertz CT molecular complexity index is 442. The lowest BCUT2D eigenvalue weighted by Crippen LogP contribution is -2.34.